The Bertz CT molecular complexity index is 695. The number of rotatable bonds is 3. The van der Waals surface area contributed by atoms with E-state index < -0.39 is 0 Å². The number of ether oxygens (including phenoxy) is 1. The Balaban J connectivity index is 1.64. The van der Waals surface area contributed by atoms with Crippen molar-refractivity contribution in [2.45, 2.75) is 33.2 Å². The van der Waals surface area contributed by atoms with E-state index in [1.54, 1.807) is 0 Å². The van der Waals surface area contributed by atoms with E-state index in [2.05, 4.69) is 15.3 Å². The van der Waals surface area contributed by atoms with Crippen LogP contribution >= 0.6 is 0 Å². The molecule has 2 heterocycles. The molecule has 5 heteroatoms. The molecule has 0 saturated heterocycles. The molecular formula is C18H21N3O2. The summed E-state index contributed by atoms with van der Waals surface area (Å²) in [6.45, 7) is 4.79. The molecule has 1 aromatic carbocycles. The van der Waals surface area contributed by atoms with Gasteiger partial charge in [-0.05, 0) is 44.4 Å². The van der Waals surface area contributed by atoms with Crippen LogP contribution in [0.2, 0.25) is 0 Å². The molecule has 0 bridgehead atoms. The van der Waals surface area contributed by atoms with Crippen LogP contribution in [-0.2, 0) is 17.8 Å². The van der Waals surface area contributed by atoms with Crippen LogP contribution in [0.3, 0.4) is 0 Å². The second-order valence-corrected chi connectivity index (χ2v) is 5.93. The molecule has 1 aromatic heterocycles. The lowest BCUT2D eigenvalue weighted by atomic mass is 9.96. The Morgan fingerprint density at radius 1 is 1.26 bits per heavy atom. The van der Waals surface area contributed by atoms with E-state index in [0.717, 1.165) is 22.7 Å². The van der Waals surface area contributed by atoms with Gasteiger partial charge in [-0.1, -0.05) is 18.2 Å². The lowest BCUT2D eigenvalue weighted by molar-refractivity contribution is -0.125. The maximum atomic E-state index is 12.5. The Labute approximate surface area is 136 Å². The molecule has 0 radical (unpaired) electrons. The molecule has 2 aromatic rings. The largest absolute Gasteiger partial charge is 0.493 e. The number of hydrogen-bond donors (Lipinski definition) is 1. The molecule has 1 aliphatic rings. The molecule has 1 N–H and O–H groups in total. The van der Waals surface area contributed by atoms with Gasteiger partial charge >= 0.3 is 0 Å². The van der Waals surface area contributed by atoms with Crippen molar-refractivity contribution in [3.8, 4) is 5.75 Å². The Kier molecular flexibility index (Phi) is 4.55. The SMILES string of the molecule is Cc1cc(C)nc(CNC(=O)[C@@H]2CCOc3ccccc3C2)n1. The summed E-state index contributed by atoms with van der Waals surface area (Å²) in [6, 6.07) is 9.83. The smallest absolute Gasteiger partial charge is 0.223 e. The Hall–Kier alpha value is -2.43. The van der Waals surface area contributed by atoms with Gasteiger partial charge in [0.15, 0.2) is 0 Å². The third kappa shape index (κ3) is 3.86. The van der Waals surface area contributed by atoms with Crippen LogP contribution in [0.5, 0.6) is 5.75 Å². The molecule has 1 atom stereocenters. The second kappa shape index (κ2) is 6.77. The number of carbonyl (C=O) groups is 1. The van der Waals surface area contributed by atoms with Gasteiger partial charge in [0.1, 0.15) is 11.6 Å². The van der Waals surface area contributed by atoms with Crippen molar-refractivity contribution in [3.05, 3.63) is 53.1 Å². The Morgan fingerprint density at radius 3 is 2.78 bits per heavy atom. The summed E-state index contributed by atoms with van der Waals surface area (Å²) in [5.41, 5.74) is 2.92. The van der Waals surface area contributed by atoms with Crippen molar-refractivity contribution in [2.75, 3.05) is 6.61 Å². The molecule has 5 nitrogen and oxygen atoms in total. The number of amides is 1. The average molecular weight is 311 g/mol. The zero-order valence-electron chi connectivity index (χ0n) is 13.5. The third-order valence-corrected chi connectivity index (χ3v) is 3.98. The third-order valence-electron chi connectivity index (χ3n) is 3.98. The zero-order valence-corrected chi connectivity index (χ0v) is 13.5. The van der Waals surface area contributed by atoms with Crippen molar-refractivity contribution in [1.82, 2.24) is 15.3 Å². The van der Waals surface area contributed by atoms with Gasteiger partial charge in [-0.15, -0.1) is 0 Å². The lowest BCUT2D eigenvalue weighted by Crippen LogP contribution is -2.32. The van der Waals surface area contributed by atoms with E-state index in [0.29, 0.717) is 31.8 Å². The molecule has 0 spiro atoms. The molecule has 1 amide bonds. The Morgan fingerprint density at radius 2 is 2.00 bits per heavy atom. The number of aryl methyl sites for hydroxylation is 2. The number of fused-ring (bicyclic) bond motifs is 1. The summed E-state index contributed by atoms with van der Waals surface area (Å²) in [7, 11) is 0. The first-order valence-corrected chi connectivity index (χ1v) is 7.91. The second-order valence-electron chi connectivity index (χ2n) is 5.93. The monoisotopic (exact) mass is 311 g/mol. The van der Waals surface area contributed by atoms with E-state index in [4.69, 9.17) is 4.74 Å². The minimum Gasteiger partial charge on any atom is -0.493 e. The van der Waals surface area contributed by atoms with Gasteiger partial charge in [-0.2, -0.15) is 0 Å². The highest BCUT2D eigenvalue weighted by atomic mass is 16.5. The maximum Gasteiger partial charge on any atom is 0.223 e. The standard InChI is InChI=1S/C18H21N3O2/c1-12-9-13(2)21-17(20-12)11-19-18(22)15-7-8-23-16-6-4-3-5-14(16)10-15/h3-6,9,15H,7-8,10-11H2,1-2H3,(H,19,22)/t15-/m1/s1. The van der Waals surface area contributed by atoms with Gasteiger partial charge in [0.25, 0.3) is 0 Å². The van der Waals surface area contributed by atoms with E-state index in [9.17, 15) is 4.79 Å². The highest BCUT2D eigenvalue weighted by Gasteiger charge is 2.23. The summed E-state index contributed by atoms with van der Waals surface area (Å²) in [5, 5.41) is 2.96. The van der Waals surface area contributed by atoms with Crippen molar-refractivity contribution < 1.29 is 9.53 Å². The first kappa shape index (κ1) is 15.5. The van der Waals surface area contributed by atoms with Crippen LogP contribution in [0.25, 0.3) is 0 Å². The number of benzene rings is 1. The normalized spacial score (nSPS) is 16.9. The van der Waals surface area contributed by atoms with E-state index >= 15 is 0 Å². The predicted octanol–water partition coefficient (Wildman–Crippen LogP) is 2.35. The average Bonchev–Trinajstić information content (AvgIpc) is 2.74. The van der Waals surface area contributed by atoms with Crippen molar-refractivity contribution >= 4 is 5.91 Å². The summed E-state index contributed by atoms with van der Waals surface area (Å²) in [4.78, 5) is 21.2. The van der Waals surface area contributed by atoms with E-state index in [1.165, 1.54) is 0 Å². The molecule has 23 heavy (non-hydrogen) atoms. The summed E-state index contributed by atoms with van der Waals surface area (Å²) >= 11 is 0. The van der Waals surface area contributed by atoms with Gasteiger partial charge < -0.3 is 10.1 Å². The number of hydrogen-bond acceptors (Lipinski definition) is 4. The minimum atomic E-state index is -0.0791. The molecule has 3 rings (SSSR count). The summed E-state index contributed by atoms with van der Waals surface area (Å²) < 4.78 is 5.72. The number of carbonyl (C=O) groups excluding carboxylic acids is 1. The van der Waals surface area contributed by atoms with Crippen molar-refractivity contribution in [2.24, 2.45) is 5.92 Å². The molecule has 0 fully saturated rings. The fourth-order valence-corrected chi connectivity index (χ4v) is 2.90. The number of para-hydroxylation sites is 1. The molecule has 0 unspecified atom stereocenters. The van der Waals surface area contributed by atoms with E-state index in [1.807, 2.05) is 44.2 Å². The first-order chi connectivity index (χ1) is 11.1. The van der Waals surface area contributed by atoms with Crippen LogP contribution in [0, 0.1) is 19.8 Å². The summed E-state index contributed by atoms with van der Waals surface area (Å²) in [6.07, 6.45) is 1.42. The van der Waals surface area contributed by atoms with Gasteiger partial charge in [0, 0.05) is 17.3 Å². The fourth-order valence-electron chi connectivity index (χ4n) is 2.90. The number of nitrogens with zero attached hydrogens (tertiary/aromatic N) is 2. The van der Waals surface area contributed by atoms with Gasteiger partial charge in [0.2, 0.25) is 5.91 Å². The quantitative estimate of drug-likeness (QED) is 0.945. The highest BCUT2D eigenvalue weighted by molar-refractivity contribution is 5.79. The van der Waals surface area contributed by atoms with Crippen LogP contribution in [-0.4, -0.2) is 22.5 Å². The van der Waals surface area contributed by atoms with Crippen molar-refractivity contribution in [1.29, 1.82) is 0 Å². The zero-order chi connectivity index (χ0) is 16.2. The van der Waals surface area contributed by atoms with Gasteiger partial charge in [0.05, 0.1) is 13.2 Å². The fraction of sp³-hybridized carbons (Fsp3) is 0.389. The minimum absolute atomic E-state index is 0.0352. The van der Waals surface area contributed by atoms with E-state index in [-0.39, 0.29) is 11.8 Å². The van der Waals surface area contributed by atoms with Gasteiger partial charge in [-0.3, -0.25) is 4.79 Å². The van der Waals surface area contributed by atoms with Crippen LogP contribution in [0.4, 0.5) is 0 Å². The molecule has 0 saturated carbocycles. The van der Waals surface area contributed by atoms with Crippen LogP contribution in [0.1, 0.15) is 29.2 Å². The molecule has 1 aliphatic heterocycles. The molecule has 120 valence electrons. The van der Waals surface area contributed by atoms with Gasteiger partial charge in [-0.25, -0.2) is 9.97 Å². The van der Waals surface area contributed by atoms with Crippen LogP contribution in [0.15, 0.2) is 30.3 Å². The molecule has 0 aliphatic carbocycles. The maximum absolute atomic E-state index is 12.5. The van der Waals surface area contributed by atoms with Crippen molar-refractivity contribution in [3.63, 3.8) is 0 Å². The topological polar surface area (TPSA) is 64.1 Å². The highest BCUT2D eigenvalue weighted by Crippen LogP contribution is 2.26. The summed E-state index contributed by atoms with van der Waals surface area (Å²) in [5.74, 6) is 1.50. The van der Waals surface area contributed by atoms with Crippen LogP contribution < -0.4 is 10.1 Å². The lowest BCUT2D eigenvalue weighted by Gasteiger charge is -2.13. The first-order valence-electron chi connectivity index (χ1n) is 7.91. The molecular weight excluding hydrogens is 290 g/mol. The predicted molar refractivity (Wildman–Crippen MR) is 87.1 cm³/mol. The number of nitrogens with one attached hydrogen (secondary N) is 1. The number of aromatic nitrogens is 2.